The third-order valence-electron chi connectivity index (χ3n) is 2.86. The van der Waals surface area contributed by atoms with Crippen LogP contribution in [-0.2, 0) is 9.53 Å². The largest absolute Gasteiger partial charge is 0.464 e. The van der Waals surface area contributed by atoms with Gasteiger partial charge in [-0.05, 0) is 43.0 Å². The Balaban J connectivity index is 2.31. The average Bonchev–Trinajstić information content (AvgIpc) is 2.84. The summed E-state index contributed by atoms with van der Waals surface area (Å²) >= 11 is 7.67. The molecule has 106 valence electrons. The van der Waals surface area contributed by atoms with Gasteiger partial charge in [0.1, 0.15) is 0 Å². The Kier molecular flexibility index (Phi) is 5.04. The quantitative estimate of drug-likeness (QED) is 0.831. The van der Waals surface area contributed by atoms with Gasteiger partial charge < -0.3 is 10.1 Å². The molecule has 0 aliphatic heterocycles. The molecule has 1 atom stereocenters. The van der Waals surface area contributed by atoms with Gasteiger partial charge in [-0.3, -0.25) is 0 Å². The van der Waals surface area contributed by atoms with Crippen LogP contribution in [0, 0.1) is 6.92 Å². The van der Waals surface area contributed by atoms with Crippen molar-refractivity contribution in [2.24, 2.45) is 0 Å². The van der Waals surface area contributed by atoms with Crippen molar-refractivity contribution in [2.45, 2.75) is 19.9 Å². The second-order valence-corrected chi connectivity index (χ2v) is 5.63. The summed E-state index contributed by atoms with van der Waals surface area (Å²) in [5, 5.41) is 5.72. The molecule has 0 radical (unpaired) electrons. The fourth-order valence-electron chi connectivity index (χ4n) is 1.87. The molecule has 0 fully saturated rings. The van der Waals surface area contributed by atoms with E-state index >= 15 is 0 Å². The second kappa shape index (κ2) is 6.77. The molecule has 0 amide bonds. The third-order valence-corrected chi connectivity index (χ3v) is 4.27. The lowest BCUT2D eigenvalue weighted by molar-refractivity contribution is -0.144. The van der Waals surface area contributed by atoms with Crippen LogP contribution in [0.4, 0.5) is 5.69 Å². The SMILES string of the molecule is CCOC(=O)C(Nc1ccccc1Cl)c1sccc1C. The number of hydrogen-bond acceptors (Lipinski definition) is 4. The molecule has 1 N–H and O–H groups in total. The molecule has 1 heterocycles. The zero-order chi connectivity index (χ0) is 14.5. The van der Waals surface area contributed by atoms with E-state index in [0.29, 0.717) is 11.6 Å². The molecule has 2 aromatic rings. The van der Waals surface area contributed by atoms with Crippen molar-refractivity contribution in [3.8, 4) is 0 Å². The molecule has 0 aliphatic carbocycles. The molecular weight excluding hydrogens is 294 g/mol. The predicted molar refractivity (Wildman–Crippen MR) is 83.5 cm³/mol. The lowest BCUT2D eigenvalue weighted by Gasteiger charge is -2.19. The number of carbonyl (C=O) groups is 1. The van der Waals surface area contributed by atoms with E-state index in [4.69, 9.17) is 16.3 Å². The molecule has 0 aliphatic rings. The first-order valence-electron chi connectivity index (χ1n) is 6.35. The number of para-hydroxylation sites is 1. The molecule has 0 saturated carbocycles. The third kappa shape index (κ3) is 3.32. The van der Waals surface area contributed by atoms with Gasteiger partial charge in [-0.1, -0.05) is 23.7 Å². The summed E-state index contributed by atoms with van der Waals surface area (Å²) in [4.78, 5) is 13.1. The van der Waals surface area contributed by atoms with Crippen LogP contribution in [-0.4, -0.2) is 12.6 Å². The van der Waals surface area contributed by atoms with Gasteiger partial charge in [0.05, 0.1) is 17.3 Å². The fraction of sp³-hybridized carbons (Fsp3) is 0.267. The molecule has 5 heteroatoms. The van der Waals surface area contributed by atoms with E-state index in [1.54, 1.807) is 13.0 Å². The van der Waals surface area contributed by atoms with E-state index < -0.39 is 6.04 Å². The van der Waals surface area contributed by atoms with Gasteiger partial charge in [-0.25, -0.2) is 4.79 Å². The highest BCUT2D eigenvalue weighted by atomic mass is 35.5. The summed E-state index contributed by atoms with van der Waals surface area (Å²) in [5.41, 5.74) is 1.78. The van der Waals surface area contributed by atoms with E-state index in [1.165, 1.54) is 11.3 Å². The topological polar surface area (TPSA) is 38.3 Å². The summed E-state index contributed by atoms with van der Waals surface area (Å²) < 4.78 is 5.16. The van der Waals surface area contributed by atoms with Gasteiger partial charge in [0.2, 0.25) is 0 Å². The van der Waals surface area contributed by atoms with Crippen LogP contribution in [0.3, 0.4) is 0 Å². The van der Waals surface area contributed by atoms with Crippen molar-refractivity contribution >= 4 is 34.6 Å². The number of aryl methyl sites for hydroxylation is 1. The molecule has 0 spiro atoms. The smallest absolute Gasteiger partial charge is 0.334 e. The van der Waals surface area contributed by atoms with Crippen molar-refractivity contribution in [1.82, 2.24) is 0 Å². The van der Waals surface area contributed by atoms with Crippen LogP contribution in [0.25, 0.3) is 0 Å². The first kappa shape index (κ1) is 14.9. The lowest BCUT2D eigenvalue weighted by atomic mass is 10.1. The van der Waals surface area contributed by atoms with Crippen molar-refractivity contribution in [1.29, 1.82) is 0 Å². The minimum atomic E-state index is -0.533. The highest BCUT2D eigenvalue weighted by Gasteiger charge is 2.25. The normalized spacial score (nSPS) is 11.9. The Labute approximate surface area is 127 Å². The highest BCUT2D eigenvalue weighted by molar-refractivity contribution is 7.10. The maximum atomic E-state index is 12.2. The van der Waals surface area contributed by atoms with Crippen molar-refractivity contribution < 1.29 is 9.53 Å². The van der Waals surface area contributed by atoms with E-state index in [-0.39, 0.29) is 5.97 Å². The van der Waals surface area contributed by atoms with Gasteiger partial charge in [-0.2, -0.15) is 0 Å². The van der Waals surface area contributed by atoms with Crippen LogP contribution in [0.1, 0.15) is 23.4 Å². The number of nitrogens with one attached hydrogen (secondary N) is 1. The molecule has 1 aromatic carbocycles. The van der Waals surface area contributed by atoms with Gasteiger partial charge >= 0.3 is 5.97 Å². The Hall–Kier alpha value is -1.52. The Morgan fingerprint density at radius 2 is 2.15 bits per heavy atom. The number of rotatable bonds is 5. The molecule has 1 unspecified atom stereocenters. The number of benzene rings is 1. The Morgan fingerprint density at radius 3 is 2.75 bits per heavy atom. The second-order valence-electron chi connectivity index (χ2n) is 4.28. The Morgan fingerprint density at radius 1 is 1.40 bits per heavy atom. The zero-order valence-corrected chi connectivity index (χ0v) is 12.9. The van der Waals surface area contributed by atoms with E-state index in [1.807, 2.05) is 36.6 Å². The maximum absolute atomic E-state index is 12.2. The molecule has 1 aromatic heterocycles. The predicted octanol–water partition coefficient (Wildman–Crippen LogP) is 4.43. The van der Waals surface area contributed by atoms with Crippen molar-refractivity contribution in [3.05, 3.63) is 51.2 Å². The molecule has 3 nitrogen and oxygen atoms in total. The number of anilines is 1. The molecule has 20 heavy (non-hydrogen) atoms. The van der Waals surface area contributed by atoms with Crippen molar-refractivity contribution in [2.75, 3.05) is 11.9 Å². The van der Waals surface area contributed by atoms with Crippen LogP contribution in [0.5, 0.6) is 0 Å². The number of halogens is 1. The molecular formula is C15H16ClNO2S. The maximum Gasteiger partial charge on any atom is 0.334 e. The van der Waals surface area contributed by atoms with Gasteiger partial charge in [0, 0.05) is 4.88 Å². The highest BCUT2D eigenvalue weighted by Crippen LogP contribution is 2.31. The summed E-state index contributed by atoms with van der Waals surface area (Å²) in [5.74, 6) is -0.294. The van der Waals surface area contributed by atoms with Gasteiger partial charge in [0.15, 0.2) is 6.04 Å². The van der Waals surface area contributed by atoms with E-state index in [2.05, 4.69) is 5.32 Å². The minimum Gasteiger partial charge on any atom is -0.464 e. The summed E-state index contributed by atoms with van der Waals surface area (Å²) in [6.07, 6.45) is 0. The number of ether oxygens (including phenoxy) is 1. The molecule has 0 bridgehead atoms. The van der Waals surface area contributed by atoms with Gasteiger partial charge in [-0.15, -0.1) is 11.3 Å². The van der Waals surface area contributed by atoms with E-state index in [9.17, 15) is 4.79 Å². The fourth-order valence-corrected chi connectivity index (χ4v) is 3.03. The standard InChI is InChI=1S/C15H16ClNO2S/c1-3-19-15(18)13(14-10(2)8-9-20-14)17-12-7-5-4-6-11(12)16/h4-9,13,17H,3H2,1-2H3. The minimum absolute atomic E-state index is 0.294. The lowest BCUT2D eigenvalue weighted by Crippen LogP contribution is -2.23. The van der Waals surface area contributed by atoms with E-state index in [0.717, 1.165) is 16.1 Å². The monoisotopic (exact) mass is 309 g/mol. The Bertz CT molecular complexity index is 597. The summed E-state index contributed by atoms with van der Waals surface area (Å²) in [6, 6.07) is 8.81. The number of esters is 1. The van der Waals surface area contributed by atoms with Crippen LogP contribution in [0.2, 0.25) is 5.02 Å². The van der Waals surface area contributed by atoms with Crippen LogP contribution < -0.4 is 5.32 Å². The summed E-state index contributed by atoms with van der Waals surface area (Å²) in [7, 11) is 0. The molecule has 2 rings (SSSR count). The first-order valence-corrected chi connectivity index (χ1v) is 7.61. The summed E-state index contributed by atoms with van der Waals surface area (Å²) in [6.45, 7) is 4.13. The zero-order valence-electron chi connectivity index (χ0n) is 11.4. The first-order chi connectivity index (χ1) is 9.63. The average molecular weight is 310 g/mol. The molecule has 0 saturated heterocycles. The number of carbonyl (C=O) groups excluding carboxylic acids is 1. The number of hydrogen-bond donors (Lipinski definition) is 1. The number of thiophene rings is 1. The van der Waals surface area contributed by atoms with Crippen molar-refractivity contribution in [3.63, 3.8) is 0 Å². The van der Waals surface area contributed by atoms with Gasteiger partial charge in [0.25, 0.3) is 0 Å². The van der Waals surface area contributed by atoms with Crippen LogP contribution >= 0.6 is 22.9 Å². The van der Waals surface area contributed by atoms with Crippen LogP contribution in [0.15, 0.2) is 35.7 Å².